The monoisotopic (exact) mass is 486 g/mol. The smallest absolute Gasteiger partial charge is 0.263 e. The first-order chi connectivity index (χ1) is 16.0. The molecule has 7 nitrogen and oxygen atoms in total. The Balaban J connectivity index is 1.19. The van der Waals surface area contributed by atoms with E-state index in [0.29, 0.717) is 36.2 Å². The van der Waals surface area contributed by atoms with Gasteiger partial charge in [0.1, 0.15) is 16.4 Å². The van der Waals surface area contributed by atoms with E-state index in [2.05, 4.69) is 9.88 Å². The van der Waals surface area contributed by atoms with Gasteiger partial charge in [-0.05, 0) is 56.4 Å². The van der Waals surface area contributed by atoms with Gasteiger partial charge in [-0.2, -0.15) is 0 Å². The van der Waals surface area contributed by atoms with E-state index >= 15 is 0 Å². The predicted molar refractivity (Wildman–Crippen MR) is 130 cm³/mol. The summed E-state index contributed by atoms with van der Waals surface area (Å²) < 4.78 is 5.78. The zero-order valence-electron chi connectivity index (χ0n) is 18.6. The van der Waals surface area contributed by atoms with Crippen LogP contribution in [0.15, 0.2) is 29.1 Å². The normalized spacial score (nSPS) is 17.7. The maximum Gasteiger partial charge on any atom is 0.263 e. The highest BCUT2D eigenvalue weighted by atomic mass is 35.5. The highest BCUT2D eigenvalue weighted by Crippen LogP contribution is 2.33. The Morgan fingerprint density at radius 1 is 1.24 bits per heavy atom. The summed E-state index contributed by atoms with van der Waals surface area (Å²) in [6.45, 7) is 5.00. The molecule has 1 N–H and O–H groups in total. The number of benzene rings is 1. The van der Waals surface area contributed by atoms with Crippen LogP contribution in [0.2, 0.25) is 5.02 Å². The number of aryl methyl sites for hydroxylation is 2. The zero-order valence-corrected chi connectivity index (χ0v) is 20.2. The van der Waals surface area contributed by atoms with Crippen molar-refractivity contribution < 1.29 is 9.53 Å². The molecular formula is C24H27ClN4O3S. The van der Waals surface area contributed by atoms with Crippen LogP contribution in [-0.2, 0) is 24.2 Å². The first-order valence-corrected chi connectivity index (χ1v) is 12.6. The largest absolute Gasteiger partial charge is 0.481 e. The maximum absolute atomic E-state index is 12.8. The molecule has 5 rings (SSSR count). The number of piperazine rings is 1. The fourth-order valence-corrected chi connectivity index (χ4v) is 6.13. The highest BCUT2D eigenvalue weighted by molar-refractivity contribution is 7.18. The number of halogens is 1. The van der Waals surface area contributed by atoms with Gasteiger partial charge >= 0.3 is 0 Å². The number of H-pyrrole nitrogens is 1. The molecule has 9 heteroatoms. The zero-order chi connectivity index (χ0) is 22.9. The van der Waals surface area contributed by atoms with Crippen molar-refractivity contribution in [1.29, 1.82) is 0 Å². The van der Waals surface area contributed by atoms with Gasteiger partial charge in [0.2, 0.25) is 0 Å². The van der Waals surface area contributed by atoms with Gasteiger partial charge in [-0.3, -0.25) is 14.5 Å². The summed E-state index contributed by atoms with van der Waals surface area (Å²) in [5.41, 5.74) is 1.19. The number of nitrogens with one attached hydrogen (secondary N) is 1. The lowest BCUT2D eigenvalue weighted by molar-refractivity contribution is -0.139. The van der Waals surface area contributed by atoms with Gasteiger partial charge in [0, 0.05) is 36.1 Å². The lowest BCUT2D eigenvalue weighted by atomic mass is 9.97. The Morgan fingerprint density at radius 3 is 2.82 bits per heavy atom. The number of fused-ring (bicyclic) bond motifs is 3. The summed E-state index contributed by atoms with van der Waals surface area (Å²) in [4.78, 5) is 39.6. The van der Waals surface area contributed by atoms with Gasteiger partial charge in [-0.1, -0.05) is 17.7 Å². The van der Waals surface area contributed by atoms with Gasteiger partial charge in [0.15, 0.2) is 6.10 Å². The van der Waals surface area contributed by atoms with Crippen LogP contribution in [0.1, 0.15) is 36.0 Å². The molecule has 1 unspecified atom stereocenters. The summed E-state index contributed by atoms with van der Waals surface area (Å²) >= 11 is 7.67. The van der Waals surface area contributed by atoms with Gasteiger partial charge in [-0.15, -0.1) is 11.3 Å². The van der Waals surface area contributed by atoms with E-state index in [9.17, 15) is 9.59 Å². The number of aromatic nitrogens is 2. The van der Waals surface area contributed by atoms with E-state index in [-0.39, 0.29) is 11.5 Å². The van der Waals surface area contributed by atoms with Gasteiger partial charge in [0.05, 0.1) is 11.9 Å². The fraction of sp³-hybridized carbons (Fsp3) is 0.458. The van der Waals surface area contributed by atoms with Crippen LogP contribution in [-0.4, -0.2) is 58.0 Å². The second-order valence-corrected chi connectivity index (χ2v) is 10.2. The number of hydrogen-bond acceptors (Lipinski definition) is 6. The van der Waals surface area contributed by atoms with E-state index in [1.807, 2.05) is 4.90 Å². The molecule has 3 heterocycles. The third-order valence-corrected chi connectivity index (χ3v) is 7.81. The van der Waals surface area contributed by atoms with E-state index in [1.165, 1.54) is 16.9 Å². The molecule has 0 bridgehead atoms. The molecule has 0 spiro atoms. The lowest BCUT2D eigenvalue weighted by Crippen LogP contribution is -2.51. The van der Waals surface area contributed by atoms with Gasteiger partial charge in [-0.25, -0.2) is 4.98 Å². The predicted octanol–water partition coefficient (Wildman–Crippen LogP) is 3.63. The summed E-state index contributed by atoms with van der Waals surface area (Å²) in [7, 11) is 0. The van der Waals surface area contributed by atoms with Crippen molar-refractivity contribution in [3.63, 3.8) is 0 Å². The van der Waals surface area contributed by atoms with E-state index in [1.54, 1.807) is 42.5 Å². The van der Waals surface area contributed by atoms with Crippen LogP contribution in [0.25, 0.3) is 10.2 Å². The summed E-state index contributed by atoms with van der Waals surface area (Å²) in [6.07, 6.45) is 3.79. The third kappa shape index (κ3) is 4.78. The number of aromatic amines is 1. The van der Waals surface area contributed by atoms with Crippen molar-refractivity contribution >= 4 is 39.1 Å². The second-order valence-electron chi connectivity index (χ2n) is 8.72. The molecule has 2 aliphatic rings. The summed E-state index contributed by atoms with van der Waals surface area (Å²) in [5.74, 6) is 1.25. The molecule has 1 amide bonds. The molecule has 3 aromatic rings. The quantitative estimate of drug-likeness (QED) is 0.595. The average Bonchev–Trinajstić information content (AvgIpc) is 3.18. The second kappa shape index (κ2) is 9.44. The Bertz CT molecular complexity index is 1230. The summed E-state index contributed by atoms with van der Waals surface area (Å²) in [5, 5.41) is 1.37. The number of rotatable bonds is 5. The third-order valence-electron chi connectivity index (χ3n) is 6.39. The SMILES string of the molecule is CC(Oc1cccc(Cl)c1)C(=O)N1CCN(Cc2nc3sc4c(c3c(=O)[nH]2)CCCC4)CC1. The van der Waals surface area contributed by atoms with Crippen molar-refractivity contribution in [2.45, 2.75) is 45.3 Å². The molecule has 1 aliphatic heterocycles. The minimum absolute atomic E-state index is 0.0183. The molecule has 1 aromatic carbocycles. The van der Waals surface area contributed by atoms with Gasteiger partial charge in [0.25, 0.3) is 11.5 Å². The van der Waals surface area contributed by atoms with Gasteiger partial charge < -0.3 is 14.6 Å². The van der Waals surface area contributed by atoms with Crippen LogP contribution < -0.4 is 10.3 Å². The molecule has 0 radical (unpaired) electrons. The first kappa shape index (κ1) is 22.4. The van der Waals surface area contributed by atoms with Crippen LogP contribution >= 0.6 is 22.9 Å². The molecule has 33 heavy (non-hydrogen) atoms. The van der Waals surface area contributed by atoms with Crippen LogP contribution in [0.4, 0.5) is 0 Å². The Morgan fingerprint density at radius 2 is 2.03 bits per heavy atom. The molecule has 174 valence electrons. The Hall–Kier alpha value is -2.42. The first-order valence-electron chi connectivity index (χ1n) is 11.4. The Kier molecular flexibility index (Phi) is 6.40. The highest BCUT2D eigenvalue weighted by Gasteiger charge is 2.27. The van der Waals surface area contributed by atoms with Crippen molar-refractivity contribution in [2.75, 3.05) is 26.2 Å². The van der Waals surface area contributed by atoms with Crippen LogP contribution in [0, 0.1) is 0 Å². The number of nitrogens with zero attached hydrogens (tertiary/aromatic N) is 3. The minimum atomic E-state index is -0.583. The minimum Gasteiger partial charge on any atom is -0.481 e. The van der Waals surface area contributed by atoms with Crippen molar-refractivity contribution in [2.24, 2.45) is 0 Å². The van der Waals surface area contributed by atoms with E-state index < -0.39 is 6.10 Å². The standard InChI is InChI=1S/C24H27ClN4O3S/c1-15(32-17-6-4-5-16(25)13-17)24(31)29-11-9-28(10-12-29)14-20-26-22(30)21-18-7-2-3-8-19(18)33-23(21)27-20/h4-6,13,15H,2-3,7-12,14H2,1H3,(H,26,27,30). The van der Waals surface area contributed by atoms with E-state index in [0.717, 1.165) is 42.6 Å². The molecular weight excluding hydrogens is 460 g/mol. The number of thiophene rings is 1. The fourth-order valence-electron chi connectivity index (χ4n) is 4.67. The van der Waals surface area contributed by atoms with Crippen LogP contribution in [0.3, 0.4) is 0 Å². The summed E-state index contributed by atoms with van der Waals surface area (Å²) in [6, 6.07) is 7.07. The molecule has 1 fully saturated rings. The van der Waals surface area contributed by atoms with Crippen molar-refractivity contribution in [3.8, 4) is 5.75 Å². The van der Waals surface area contributed by atoms with Crippen molar-refractivity contribution in [1.82, 2.24) is 19.8 Å². The van der Waals surface area contributed by atoms with Crippen LogP contribution in [0.5, 0.6) is 5.75 Å². The maximum atomic E-state index is 12.8. The topological polar surface area (TPSA) is 78.5 Å². The average molecular weight is 487 g/mol. The number of carbonyl (C=O) groups is 1. The number of ether oxygens (including phenoxy) is 1. The molecule has 1 saturated heterocycles. The molecule has 1 aliphatic carbocycles. The number of carbonyl (C=O) groups excluding carboxylic acids is 1. The molecule has 0 saturated carbocycles. The Labute approximate surface area is 201 Å². The molecule has 2 aromatic heterocycles. The van der Waals surface area contributed by atoms with E-state index in [4.69, 9.17) is 21.3 Å². The lowest BCUT2D eigenvalue weighted by Gasteiger charge is -2.35. The number of hydrogen-bond donors (Lipinski definition) is 1. The number of amides is 1. The molecule has 1 atom stereocenters. The van der Waals surface area contributed by atoms with Crippen molar-refractivity contribution in [3.05, 3.63) is 55.9 Å².